The zero-order valence-corrected chi connectivity index (χ0v) is 23.0. The molecule has 2 aromatic rings. The number of benzene rings is 2. The molecule has 0 aliphatic carbocycles. The molecule has 0 saturated carbocycles. The van der Waals surface area contributed by atoms with E-state index in [1.54, 1.807) is 29.2 Å². The van der Waals surface area contributed by atoms with E-state index in [9.17, 15) is 14.7 Å². The van der Waals surface area contributed by atoms with Crippen LogP contribution in [0.25, 0.3) is 5.76 Å². The number of aliphatic hydroxyl groups is 1. The van der Waals surface area contributed by atoms with E-state index in [1.807, 2.05) is 31.2 Å². The number of carbonyl (C=O) groups excluding carboxylic acids is 2. The van der Waals surface area contributed by atoms with Crippen LogP contribution in [0.4, 0.5) is 0 Å². The number of likely N-dealkylation sites (N-methyl/N-ethyl adjacent to an activating group) is 1. The largest absolute Gasteiger partial charge is 0.507 e. The molecule has 0 spiro atoms. The Balaban J connectivity index is 2.03. The van der Waals surface area contributed by atoms with E-state index in [4.69, 9.17) is 9.47 Å². The van der Waals surface area contributed by atoms with Crippen LogP contribution in [0.15, 0.2) is 60.7 Å². The molecule has 3 rings (SSSR count). The predicted octanol–water partition coefficient (Wildman–Crippen LogP) is 5.50. The number of Topliss-reactive ketones (excluding diaryl/α,β-unsaturated/α-hetero) is 1. The van der Waals surface area contributed by atoms with Gasteiger partial charge in [0.1, 0.15) is 23.9 Å². The maximum Gasteiger partial charge on any atom is 0.295 e. The summed E-state index contributed by atoms with van der Waals surface area (Å²) in [7, 11) is 0. The second-order valence-corrected chi connectivity index (χ2v) is 9.37. The van der Waals surface area contributed by atoms with Gasteiger partial charge in [-0.25, -0.2) is 0 Å². The quantitative estimate of drug-likeness (QED) is 0.116. The van der Waals surface area contributed by atoms with Crippen molar-refractivity contribution in [2.75, 3.05) is 39.4 Å². The van der Waals surface area contributed by atoms with Crippen LogP contribution in [0.2, 0.25) is 0 Å². The highest BCUT2D eigenvalue weighted by atomic mass is 16.5. The van der Waals surface area contributed by atoms with Crippen molar-refractivity contribution in [2.45, 2.75) is 46.6 Å². The van der Waals surface area contributed by atoms with Crippen LogP contribution in [-0.2, 0) is 9.59 Å². The summed E-state index contributed by atoms with van der Waals surface area (Å²) in [6.07, 6.45) is 3.66. The molecule has 0 aromatic heterocycles. The van der Waals surface area contributed by atoms with E-state index < -0.39 is 17.7 Å². The molecule has 7 nitrogen and oxygen atoms in total. The number of ketones is 1. The average Bonchev–Trinajstić information content (AvgIpc) is 3.18. The molecule has 0 bridgehead atoms. The summed E-state index contributed by atoms with van der Waals surface area (Å²) >= 11 is 0. The number of rotatable bonds is 14. The number of nitrogens with zero attached hydrogens (tertiary/aromatic N) is 2. The summed E-state index contributed by atoms with van der Waals surface area (Å²) in [6, 6.07) is 12.0. The van der Waals surface area contributed by atoms with Crippen LogP contribution in [0, 0.1) is 6.92 Å². The van der Waals surface area contributed by atoms with Gasteiger partial charge in [0, 0.05) is 18.7 Å². The number of aryl methyl sites for hydroxylation is 1. The molecule has 2 aromatic carbocycles. The van der Waals surface area contributed by atoms with E-state index in [1.165, 1.54) is 0 Å². The van der Waals surface area contributed by atoms with Gasteiger partial charge in [-0.15, -0.1) is 0 Å². The van der Waals surface area contributed by atoms with Gasteiger partial charge in [0.05, 0.1) is 18.2 Å². The molecule has 1 amide bonds. The SMILES string of the molecule is C=CCOc1ccc(C(O)=C2C(=O)C(=O)N(CCN(CC)CC)C2c2ccc(OCCCC)cc2)cc1C. The third-order valence-corrected chi connectivity index (χ3v) is 6.86. The van der Waals surface area contributed by atoms with E-state index in [0.717, 1.165) is 42.8 Å². The molecule has 1 aliphatic rings. The Hall–Kier alpha value is -3.58. The fraction of sp³-hybridized carbons (Fsp3) is 0.419. The van der Waals surface area contributed by atoms with Crippen molar-refractivity contribution in [1.29, 1.82) is 0 Å². The second kappa shape index (κ2) is 13.8. The van der Waals surface area contributed by atoms with Gasteiger partial charge in [-0.05, 0) is 67.9 Å². The predicted molar refractivity (Wildman–Crippen MR) is 151 cm³/mol. The Morgan fingerprint density at radius 2 is 1.79 bits per heavy atom. The van der Waals surface area contributed by atoms with Crippen molar-refractivity contribution in [2.24, 2.45) is 0 Å². The number of aliphatic hydroxyl groups excluding tert-OH is 1. The van der Waals surface area contributed by atoms with Gasteiger partial charge in [0.15, 0.2) is 0 Å². The highest BCUT2D eigenvalue weighted by molar-refractivity contribution is 6.46. The second-order valence-electron chi connectivity index (χ2n) is 9.37. The van der Waals surface area contributed by atoms with Crippen molar-refractivity contribution in [1.82, 2.24) is 9.80 Å². The fourth-order valence-electron chi connectivity index (χ4n) is 4.59. The molecule has 1 heterocycles. The number of unbranched alkanes of at least 4 members (excludes halogenated alkanes) is 1. The van der Waals surface area contributed by atoms with Crippen LogP contribution < -0.4 is 9.47 Å². The molecule has 1 atom stereocenters. The van der Waals surface area contributed by atoms with E-state index in [-0.39, 0.29) is 11.3 Å². The lowest BCUT2D eigenvalue weighted by atomic mass is 9.94. The number of hydrogen-bond acceptors (Lipinski definition) is 6. The smallest absolute Gasteiger partial charge is 0.295 e. The first-order valence-electron chi connectivity index (χ1n) is 13.4. The van der Waals surface area contributed by atoms with Gasteiger partial charge in [-0.3, -0.25) is 9.59 Å². The van der Waals surface area contributed by atoms with Crippen LogP contribution in [0.5, 0.6) is 11.5 Å². The monoisotopic (exact) mass is 520 g/mol. The molecule has 204 valence electrons. The normalized spacial score (nSPS) is 16.8. The molecule has 1 saturated heterocycles. The van der Waals surface area contributed by atoms with E-state index >= 15 is 0 Å². The summed E-state index contributed by atoms with van der Waals surface area (Å²) in [5.41, 5.74) is 2.10. The first kappa shape index (κ1) is 29.0. The van der Waals surface area contributed by atoms with E-state index in [0.29, 0.717) is 37.6 Å². The summed E-state index contributed by atoms with van der Waals surface area (Å²) in [5.74, 6) is -0.0840. The zero-order chi connectivity index (χ0) is 27.7. The Kier molecular flexibility index (Phi) is 10.5. The number of hydrogen-bond donors (Lipinski definition) is 1. The number of amides is 1. The minimum Gasteiger partial charge on any atom is -0.507 e. The van der Waals surface area contributed by atoms with Gasteiger partial charge in [0.2, 0.25) is 0 Å². The standard InChI is InChI=1S/C31H40N2O5/c1-6-10-20-37-25-14-11-23(12-15-25)28-27(30(35)31(36)33(28)18-17-32(8-3)9-4)29(34)24-13-16-26(22(5)21-24)38-19-7-2/h7,11-16,21,28,34H,2,6,8-10,17-20H2,1,3-5H3. The first-order chi connectivity index (χ1) is 18.4. The molecule has 1 N–H and O–H groups in total. The molecule has 0 radical (unpaired) electrons. The number of carbonyl (C=O) groups is 2. The molecular weight excluding hydrogens is 480 g/mol. The van der Waals surface area contributed by atoms with Crippen molar-refractivity contribution < 1.29 is 24.2 Å². The third-order valence-electron chi connectivity index (χ3n) is 6.86. The molecule has 38 heavy (non-hydrogen) atoms. The lowest BCUT2D eigenvalue weighted by Crippen LogP contribution is -2.38. The van der Waals surface area contributed by atoms with Crippen molar-refractivity contribution in [3.05, 3.63) is 77.4 Å². The lowest BCUT2D eigenvalue weighted by molar-refractivity contribution is -0.140. The average molecular weight is 521 g/mol. The van der Waals surface area contributed by atoms with Crippen molar-refractivity contribution >= 4 is 17.4 Å². The van der Waals surface area contributed by atoms with Gasteiger partial charge in [-0.1, -0.05) is 52.0 Å². The van der Waals surface area contributed by atoms with Crippen molar-refractivity contribution in [3.63, 3.8) is 0 Å². The summed E-state index contributed by atoms with van der Waals surface area (Å²) in [5, 5.41) is 11.4. The van der Waals surface area contributed by atoms with Gasteiger partial charge in [0.25, 0.3) is 11.7 Å². The number of ether oxygens (including phenoxy) is 2. The summed E-state index contributed by atoms with van der Waals surface area (Å²) < 4.78 is 11.5. The number of likely N-dealkylation sites (tertiary alicyclic amines) is 1. The fourth-order valence-corrected chi connectivity index (χ4v) is 4.59. The molecular formula is C31H40N2O5. The van der Waals surface area contributed by atoms with Gasteiger partial charge < -0.3 is 24.4 Å². The zero-order valence-electron chi connectivity index (χ0n) is 23.0. The molecule has 7 heteroatoms. The van der Waals surface area contributed by atoms with Crippen LogP contribution >= 0.6 is 0 Å². The third kappa shape index (κ3) is 6.64. The Morgan fingerprint density at radius 1 is 1.08 bits per heavy atom. The topological polar surface area (TPSA) is 79.3 Å². The maximum absolute atomic E-state index is 13.3. The highest BCUT2D eigenvalue weighted by Crippen LogP contribution is 2.40. The Morgan fingerprint density at radius 3 is 2.39 bits per heavy atom. The first-order valence-corrected chi connectivity index (χ1v) is 13.4. The van der Waals surface area contributed by atoms with Crippen LogP contribution in [-0.4, -0.2) is 66.0 Å². The summed E-state index contributed by atoms with van der Waals surface area (Å²) in [4.78, 5) is 30.4. The van der Waals surface area contributed by atoms with Gasteiger partial charge in [-0.2, -0.15) is 0 Å². The van der Waals surface area contributed by atoms with Gasteiger partial charge >= 0.3 is 0 Å². The lowest BCUT2D eigenvalue weighted by Gasteiger charge is -2.28. The van der Waals surface area contributed by atoms with Crippen molar-refractivity contribution in [3.8, 4) is 11.5 Å². The maximum atomic E-state index is 13.3. The van der Waals surface area contributed by atoms with Crippen LogP contribution in [0.3, 0.4) is 0 Å². The minimum absolute atomic E-state index is 0.0911. The molecule has 1 unspecified atom stereocenters. The molecule has 1 fully saturated rings. The minimum atomic E-state index is -0.702. The molecule has 1 aliphatic heterocycles. The summed E-state index contributed by atoms with van der Waals surface area (Å²) in [6.45, 7) is 15.4. The Labute approximate surface area is 226 Å². The van der Waals surface area contributed by atoms with E-state index in [2.05, 4.69) is 32.3 Å². The highest BCUT2D eigenvalue weighted by Gasteiger charge is 2.46. The van der Waals surface area contributed by atoms with Crippen LogP contribution in [0.1, 0.15) is 56.3 Å². The Bertz CT molecular complexity index is 1150.